The Bertz CT molecular complexity index is 1560. The van der Waals surface area contributed by atoms with E-state index in [2.05, 4.69) is 17.4 Å². The topological polar surface area (TPSA) is 69.5 Å². The van der Waals surface area contributed by atoms with E-state index in [9.17, 15) is 4.79 Å². The van der Waals surface area contributed by atoms with Gasteiger partial charge in [0.25, 0.3) is 5.91 Å². The number of carbonyl (C=O) groups is 1. The number of nitrogens with one attached hydrogen (secondary N) is 1. The first-order valence-corrected chi connectivity index (χ1v) is 13.0. The van der Waals surface area contributed by atoms with Crippen molar-refractivity contribution in [1.29, 1.82) is 0 Å². The second-order valence-electron chi connectivity index (χ2n) is 8.80. The first-order valence-electron chi connectivity index (χ1n) is 12.2. The third kappa shape index (κ3) is 3.90. The summed E-state index contributed by atoms with van der Waals surface area (Å²) >= 11 is 1.36. The Morgan fingerprint density at radius 1 is 0.816 bits per heavy atom. The lowest BCUT2D eigenvalue weighted by Gasteiger charge is -2.47. The Kier molecular flexibility index (Phi) is 6.09. The summed E-state index contributed by atoms with van der Waals surface area (Å²) in [5.41, 5.74) is 5.12. The van der Waals surface area contributed by atoms with Gasteiger partial charge in [0.15, 0.2) is 5.04 Å². The normalized spacial score (nSPS) is 18.1. The Balaban J connectivity index is 1.57. The molecule has 1 atom stereocenters. The molecule has 188 valence electrons. The van der Waals surface area contributed by atoms with Gasteiger partial charge in [-0.15, -0.1) is 0 Å². The number of hydrogen-bond acceptors (Lipinski definition) is 7. The summed E-state index contributed by atoms with van der Waals surface area (Å²) in [6.07, 6.45) is 0. The first-order chi connectivity index (χ1) is 18.6. The Morgan fingerprint density at radius 3 is 2.24 bits per heavy atom. The summed E-state index contributed by atoms with van der Waals surface area (Å²) in [5.74, 6) is 0.340. The van der Waals surface area contributed by atoms with Gasteiger partial charge in [0.1, 0.15) is 11.4 Å². The molecule has 1 spiro atoms. The molecule has 0 radical (unpaired) electrons. The fourth-order valence-electron chi connectivity index (χ4n) is 4.75. The van der Waals surface area contributed by atoms with Gasteiger partial charge in [-0.25, -0.2) is 10.0 Å². The molecule has 38 heavy (non-hydrogen) atoms. The maximum absolute atomic E-state index is 13.6. The van der Waals surface area contributed by atoms with Gasteiger partial charge < -0.3 is 10.1 Å². The fourth-order valence-corrected chi connectivity index (χ4v) is 6.03. The van der Waals surface area contributed by atoms with E-state index in [0.717, 1.165) is 28.2 Å². The number of thioether (sulfide) groups is 1. The number of nitrogens with zero attached hydrogens (tertiary/aromatic N) is 4. The quantitative estimate of drug-likeness (QED) is 0.337. The predicted molar refractivity (Wildman–Crippen MR) is 155 cm³/mol. The third-order valence-electron chi connectivity index (χ3n) is 6.46. The molecule has 4 aromatic rings. The predicted octanol–water partition coefficient (Wildman–Crippen LogP) is 6.26. The van der Waals surface area contributed by atoms with Gasteiger partial charge in [-0.3, -0.25) is 4.79 Å². The lowest BCUT2D eigenvalue weighted by Crippen LogP contribution is -2.53. The first kappa shape index (κ1) is 23.8. The highest BCUT2D eigenvalue weighted by Crippen LogP contribution is 2.55. The van der Waals surface area contributed by atoms with Gasteiger partial charge in [-0.2, -0.15) is 10.2 Å². The molecule has 0 saturated heterocycles. The monoisotopic (exact) mass is 519 g/mol. The van der Waals surface area contributed by atoms with Crippen LogP contribution in [0.5, 0.6) is 5.75 Å². The van der Waals surface area contributed by atoms with E-state index in [-0.39, 0.29) is 5.91 Å². The van der Waals surface area contributed by atoms with Crippen LogP contribution < -0.4 is 20.1 Å². The summed E-state index contributed by atoms with van der Waals surface area (Å²) in [5, 5.41) is 17.1. The Morgan fingerprint density at radius 2 is 1.47 bits per heavy atom. The van der Waals surface area contributed by atoms with Crippen LogP contribution in [0.25, 0.3) is 0 Å². The van der Waals surface area contributed by atoms with Gasteiger partial charge in [0.05, 0.1) is 18.5 Å². The molecule has 2 aliphatic rings. The van der Waals surface area contributed by atoms with Crippen molar-refractivity contribution in [3.05, 3.63) is 120 Å². The van der Waals surface area contributed by atoms with Crippen LogP contribution in [-0.2, 0) is 9.79 Å². The van der Waals surface area contributed by atoms with Crippen molar-refractivity contribution in [3.8, 4) is 5.75 Å². The van der Waals surface area contributed by atoms with E-state index in [0.29, 0.717) is 16.5 Å². The van der Waals surface area contributed by atoms with Crippen LogP contribution in [0.15, 0.2) is 119 Å². The summed E-state index contributed by atoms with van der Waals surface area (Å²) in [6, 6.07) is 35.1. The molecule has 0 unspecified atom stereocenters. The van der Waals surface area contributed by atoms with Crippen molar-refractivity contribution in [2.75, 3.05) is 22.4 Å². The SMILES string of the molecule is COc1ccccc1N1N=C(C(=O)Nc2ccccc2)S[C@]12c1ccccc1C(C)=NN2c1ccccc1. The Hall–Kier alpha value is -4.56. The van der Waals surface area contributed by atoms with E-state index in [1.54, 1.807) is 7.11 Å². The minimum atomic E-state index is -1.03. The molecule has 2 heterocycles. The molecule has 7 nitrogen and oxygen atoms in total. The number of benzene rings is 4. The molecule has 0 saturated carbocycles. The zero-order valence-electron chi connectivity index (χ0n) is 20.9. The minimum absolute atomic E-state index is 0.297. The molecule has 0 bridgehead atoms. The van der Waals surface area contributed by atoms with Crippen LogP contribution in [0.4, 0.5) is 17.1 Å². The maximum Gasteiger partial charge on any atom is 0.282 e. The van der Waals surface area contributed by atoms with Gasteiger partial charge in [-0.1, -0.05) is 72.8 Å². The fraction of sp³-hybridized carbons (Fsp3) is 0.100. The molecular formula is C30H25N5O2S. The Labute approximate surface area is 225 Å². The summed E-state index contributed by atoms with van der Waals surface area (Å²) < 4.78 is 5.76. The molecule has 0 aromatic heterocycles. The summed E-state index contributed by atoms with van der Waals surface area (Å²) in [4.78, 5) is 12.6. The maximum atomic E-state index is 13.6. The molecule has 2 aliphatic heterocycles. The number of hydrazone groups is 2. The number of rotatable bonds is 5. The van der Waals surface area contributed by atoms with Crippen LogP contribution >= 0.6 is 11.8 Å². The number of para-hydroxylation sites is 4. The van der Waals surface area contributed by atoms with Crippen LogP contribution in [0, 0.1) is 0 Å². The highest BCUT2D eigenvalue weighted by atomic mass is 32.2. The average Bonchev–Trinajstić information content (AvgIpc) is 3.37. The lowest BCUT2D eigenvalue weighted by atomic mass is 9.98. The van der Waals surface area contributed by atoms with E-state index in [4.69, 9.17) is 14.9 Å². The van der Waals surface area contributed by atoms with Crippen LogP contribution in [-0.4, -0.2) is 23.8 Å². The minimum Gasteiger partial charge on any atom is -0.495 e. The van der Waals surface area contributed by atoms with Crippen molar-refractivity contribution >= 4 is 45.5 Å². The molecule has 1 amide bonds. The number of anilines is 3. The second kappa shape index (κ2) is 9.72. The average molecular weight is 520 g/mol. The molecule has 4 aromatic carbocycles. The molecular weight excluding hydrogens is 494 g/mol. The van der Waals surface area contributed by atoms with Gasteiger partial charge in [0, 0.05) is 16.8 Å². The summed E-state index contributed by atoms with van der Waals surface area (Å²) in [7, 11) is 1.63. The van der Waals surface area contributed by atoms with Crippen LogP contribution in [0.2, 0.25) is 0 Å². The van der Waals surface area contributed by atoms with Gasteiger partial charge in [0.2, 0.25) is 4.99 Å². The standard InChI is InChI=1S/C30H25N5O2S/c1-21-24-17-9-10-18-25(24)30(34(32-21)23-15-7-4-8-16-23)35(26-19-11-12-20-27(26)37-2)33-29(38-30)28(36)31-22-13-5-3-6-14-22/h3-20H,1-2H3,(H,31,36)/t30-/m0/s1. The van der Waals surface area contributed by atoms with Crippen LogP contribution in [0.1, 0.15) is 18.1 Å². The van der Waals surface area contributed by atoms with E-state index in [1.807, 2.05) is 114 Å². The molecule has 6 rings (SSSR count). The van der Waals surface area contributed by atoms with Crippen molar-refractivity contribution in [2.45, 2.75) is 11.9 Å². The highest BCUT2D eigenvalue weighted by Gasteiger charge is 2.56. The molecule has 1 N–H and O–H groups in total. The number of ether oxygens (including phenoxy) is 1. The van der Waals surface area contributed by atoms with Crippen molar-refractivity contribution in [1.82, 2.24) is 0 Å². The van der Waals surface area contributed by atoms with E-state index < -0.39 is 4.99 Å². The van der Waals surface area contributed by atoms with E-state index >= 15 is 0 Å². The third-order valence-corrected chi connectivity index (χ3v) is 7.77. The molecule has 0 aliphatic carbocycles. The largest absolute Gasteiger partial charge is 0.495 e. The van der Waals surface area contributed by atoms with E-state index in [1.165, 1.54) is 11.8 Å². The number of amides is 1. The zero-order chi connectivity index (χ0) is 26.1. The number of methoxy groups -OCH3 is 1. The van der Waals surface area contributed by atoms with Gasteiger partial charge >= 0.3 is 0 Å². The lowest BCUT2D eigenvalue weighted by molar-refractivity contribution is -0.110. The van der Waals surface area contributed by atoms with Crippen molar-refractivity contribution in [3.63, 3.8) is 0 Å². The number of hydrogen-bond donors (Lipinski definition) is 1. The number of fused-ring (bicyclic) bond motifs is 2. The highest BCUT2D eigenvalue weighted by molar-refractivity contribution is 8.17. The smallest absolute Gasteiger partial charge is 0.282 e. The van der Waals surface area contributed by atoms with Crippen molar-refractivity contribution in [2.24, 2.45) is 10.2 Å². The van der Waals surface area contributed by atoms with Gasteiger partial charge in [-0.05, 0) is 55.1 Å². The molecule has 0 fully saturated rings. The van der Waals surface area contributed by atoms with Crippen molar-refractivity contribution < 1.29 is 9.53 Å². The second-order valence-corrected chi connectivity index (χ2v) is 9.96. The van der Waals surface area contributed by atoms with Crippen LogP contribution in [0.3, 0.4) is 0 Å². The number of carbonyl (C=O) groups excluding carboxylic acids is 1. The molecule has 8 heteroatoms. The summed E-state index contributed by atoms with van der Waals surface area (Å²) in [6.45, 7) is 2.00. The zero-order valence-corrected chi connectivity index (χ0v) is 21.7.